The van der Waals surface area contributed by atoms with E-state index in [-0.39, 0.29) is 17.4 Å². The quantitative estimate of drug-likeness (QED) is 0.805. The van der Waals surface area contributed by atoms with Crippen molar-refractivity contribution < 1.29 is 13.9 Å². The summed E-state index contributed by atoms with van der Waals surface area (Å²) in [7, 11) is 0. The minimum Gasteiger partial charge on any atom is -0.398 e. The van der Waals surface area contributed by atoms with Gasteiger partial charge < -0.3 is 21.1 Å². The molecule has 0 bridgehead atoms. The molecular formula is C14H20FN3O2. The molecule has 1 saturated heterocycles. The number of carbonyl (C=O) groups excluding carboxylic acids is 1. The van der Waals surface area contributed by atoms with Gasteiger partial charge in [-0.05, 0) is 32.9 Å². The molecule has 2 rings (SSSR count). The van der Waals surface area contributed by atoms with Crippen molar-refractivity contribution in [2.24, 2.45) is 5.73 Å². The van der Waals surface area contributed by atoms with Gasteiger partial charge in [0.25, 0.3) is 5.91 Å². The lowest BCUT2D eigenvalue weighted by Gasteiger charge is -2.43. The second kappa shape index (κ2) is 4.94. The van der Waals surface area contributed by atoms with E-state index in [1.165, 1.54) is 6.07 Å². The Morgan fingerprint density at radius 1 is 1.50 bits per heavy atom. The maximum absolute atomic E-state index is 14.1. The van der Waals surface area contributed by atoms with Gasteiger partial charge in [-0.2, -0.15) is 0 Å². The van der Waals surface area contributed by atoms with E-state index in [2.05, 4.69) is 0 Å². The average molecular weight is 281 g/mol. The number of hydrogen-bond acceptors (Lipinski definition) is 4. The number of rotatable bonds is 2. The van der Waals surface area contributed by atoms with Crippen LogP contribution >= 0.6 is 0 Å². The predicted molar refractivity (Wildman–Crippen MR) is 76.2 cm³/mol. The van der Waals surface area contributed by atoms with Gasteiger partial charge in [-0.3, -0.25) is 4.79 Å². The molecule has 5 nitrogen and oxygen atoms in total. The summed E-state index contributed by atoms with van der Waals surface area (Å²) in [5, 5.41) is 0. The van der Waals surface area contributed by atoms with E-state index in [0.717, 1.165) is 6.07 Å². The van der Waals surface area contributed by atoms with Gasteiger partial charge >= 0.3 is 0 Å². The van der Waals surface area contributed by atoms with Crippen LogP contribution < -0.4 is 16.4 Å². The van der Waals surface area contributed by atoms with Crippen LogP contribution in [0.25, 0.3) is 0 Å². The van der Waals surface area contributed by atoms with Gasteiger partial charge in [0, 0.05) is 18.8 Å². The first-order valence-electron chi connectivity index (χ1n) is 6.51. The maximum Gasteiger partial charge on any atom is 0.250 e. The summed E-state index contributed by atoms with van der Waals surface area (Å²) in [5.74, 6) is -1.12. The molecule has 1 atom stereocenters. The van der Waals surface area contributed by atoms with E-state index in [0.29, 0.717) is 18.8 Å². The summed E-state index contributed by atoms with van der Waals surface area (Å²) in [6.45, 7) is 6.89. The minimum absolute atomic E-state index is 0.0345. The number of hydrogen-bond donors (Lipinski definition) is 2. The molecule has 1 fully saturated rings. The molecule has 1 aromatic rings. The molecule has 1 aromatic carbocycles. The molecule has 6 heteroatoms. The Bertz CT molecular complexity index is 545. The van der Waals surface area contributed by atoms with Crippen LogP contribution in [0.3, 0.4) is 0 Å². The Hall–Kier alpha value is -1.82. The highest BCUT2D eigenvalue weighted by Gasteiger charge is 2.32. The number of amides is 1. The number of halogens is 1. The molecule has 1 unspecified atom stereocenters. The van der Waals surface area contributed by atoms with Crippen LogP contribution in [0, 0.1) is 5.82 Å². The van der Waals surface area contributed by atoms with E-state index in [4.69, 9.17) is 16.2 Å². The average Bonchev–Trinajstić information content (AvgIpc) is 2.25. The van der Waals surface area contributed by atoms with Crippen LogP contribution in [0.1, 0.15) is 31.1 Å². The number of carbonyl (C=O) groups is 1. The normalized spacial score (nSPS) is 21.8. The molecule has 4 N–H and O–H groups in total. The van der Waals surface area contributed by atoms with Crippen molar-refractivity contribution in [3.05, 3.63) is 23.5 Å². The Balaban J connectivity index is 2.41. The number of primary amides is 1. The standard InChI is InChI=1S/C14H20FN3O2/c1-8-6-18(7-14(2,3)20-8)12-4-9(13(17)19)11(16)5-10(12)15/h4-5,8H,6-7,16H2,1-3H3,(H2,17,19). The molecule has 0 radical (unpaired) electrons. The molecule has 1 aliphatic heterocycles. The maximum atomic E-state index is 14.1. The number of nitrogens with zero attached hydrogens (tertiary/aromatic N) is 1. The lowest BCUT2D eigenvalue weighted by Crippen LogP contribution is -2.52. The number of benzene rings is 1. The Labute approximate surface area is 117 Å². The van der Waals surface area contributed by atoms with E-state index in [9.17, 15) is 9.18 Å². The smallest absolute Gasteiger partial charge is 0.250 e. The van der Waals surface area contributed by atoms with Gasteiger partial charge in [0.05, 0.1) is 23.0 Å². The Kier molecular flexibility index (Phi) is 3.60. The molecule has 0 aromatic heterocycles. The van der Waals surface area contributed by atoms with Crippen LogP contribution in [0.15, 0.2) is 12.1 Å². The van der Waals surface area contributed by atoms with Crippen LogP contribution in [0.5, 0.6) is 0 Å². The van der Waals surface area contributed by atoms with Crippen LogP contribution in [0.4, 0.5) is 15.8 Å². The Morgan fingerprint density at radius 3 is 2.70 bits per heavy atom. The third-order valence-corrected chi connectivity index (χ3v) is 3.29. The zero-order chi connectivity index (χ0) is 15.1. The van der Waals surface area contributed by atoms with E-state index in [1.54, 1.807) is 0 Å². The fraction of sp³-hybridized carbons (Fsp3) is 0.500. The minimum atomic E-state index is -0.663. The van der Waals surface area contributed by atoms with E-state index in [1.807, 2.05) is 25.7 Å². The molecular weight excluding hydrogens is 261 g/mol. The number of ether oxygens (including phenoxy) is 1. The second-order valence-corrected chi connectivity index (χ2v) is 5.82. The van der Waals surface area contributed by atoms with Crippen molar-refractivity contribution in [1.82, 2.24) is 0 Å². The first kappa shape index (κ1) is 14.6. The van der Waals surface area contributed by atoms with Gasteiger partial charge in [-0.15, -0.1) is 0 Å². The summed E-state index contributed by atoms with van der Waals surface area (Å²) < 4.78 is 19.9. The zero-order valence-electron chi connectivity index (χ0n) is 11.9. The first-order chi connectivity index (χ1) is 9.19. The van der Waals surface area contributed by atoms with Crippen molar-refractivity contribution >= 4 is 17.3 Å². The monoisotopic (exact) mass is 281 g/mol. The highest BCUT2D eigenvalue weighted by molar-refractivity contribution is 5.99. The molecule has 20 heavy (non-hydrogen) atoms. The lowest BCUT2D eigenvalue weighted by molar-refractivity contribution is -0.0751. The molecule has 0 saturated carbocycles. The number of nitrogens with two attached hydrogens (primary N) is 2. The summed E-state index contributed by atoms with van der Waals surface area (Å²) in [6, 6.07) is 2.56. The van der Waals surface area contributed by atoms with Gasteiger partial charge in [0.1, 0.15) is 5.82 Å². The second-order valence-electron chi connectivity index (χ2n) is 5.82. The summed E-state index contributed by atoms with van der Waals surface area (Å²) in [6.07, 6.45) is -0.0345. The lowest BCUT2D eigenvalue weighted by atomic mass is 10.0. The summed E-state index contributed by atoms with van der Waals surface area (Å²) in [4.78, 5) is 13.2. The summed E-state index contributed by atoms with van der Waals surface area (Å²) in [5.41, 5.74) is 11.0. The van der Waals surface area contributed by atoms with Crippen LogP contribution in [0.2, 0.25) is 0 Å². The molecule has 1 heterocycles. The SMILES string of the molecule is CC1CN(c2cc(C(N)=O)c(N)cc2F)CC(C)(C)O1. The number of morpholine rings is 1. The highest BCUT2D eigenvalue weighted by atomic mass is 19.1. The van der Waals surface area contributed by atoms with Crippen LogP contribution in [-0.2, 0) is 4.74 Å². The Morgan fingerprint density at radius 2 is 2.15 bits per heavy atom. The van der Waals surface area contributed by atoms with Crippen molar-refractivity contribution in [1.29, 1.82) is 0 Å². The molecule has 0 aliphatic carbocycles. The van der Waals surface area contributed by atoms with Crippen molar-refractivity contribution in [2.75, 3.05) is 23.7 Å². The molecule has 1 amide bonds. The first-order valence-corrected chi connectivity index (χ1v) is 6.51. The van der Waals surface area contributed by atoms with Gasteiger partial charge in [0.15, 0.2) is 0 Å². The topological polar surface area (TPSA) is 81.6 Å². The van der Waals surface area contributed by atoms with Crippen molar-refractivity contribution in [2.45, 2.75) is 32.5 Å². The van der Waals surface area contributed by atoms with Gasteiger partial charge in [-0.1, -0.05) is 0 Å². The molecule has 1 aliphatic rings. The van der Waals surface area contributed by atoms with Gasteiger partial charge in [0.2, 0.25) is 0 Å². The van der Waals surface area contributed by atoms with Crippen molar-refractivity contribution in [3.63, 3.8) is 0 Å². The van der Waals surface area contributed by atoms with Crippen LogP contribution in [-0.4, -0.2) is 30.7 Å². The largest absolute Gasteiger partial charge is 0.398 e. The fourth-order valence-corrected chi connectivity index (χ4v) is 2.67. The van der Waals surface area contributed by atoms with E-state index >= 15 is 0 Å². The molecule has 0 spiro atoms. The third kappa shape index (κ3) is 2.85. The summed E-state index contributed by atoms with van der Waals surface area (Å²) >= 11 is 0. The van der Waals surface area contributed by atoms with E-state index < -0.39 is 17.3 Å². The highest BCUT2D eigenvalue weighted by Crippen LogP contribution is 2.30. The predicted octanol–water partition coefficient (Wildman–Crippen LogP) is 1.51. The number of nitrogen functional groups attached to an aromatic ring is 1. The fourth-order valence-electron chi connectivity index (χ4n) is 2.67. The van der Waals surface area contributed by atoms with Gasteiger partial charge in [-0.25, -0.2) is 4.39 Å². The zero-order valence-corrected chi connectivity index (χ0v) is 11.9. The van der Waals surface area contributed by atoms with Crippen molar-refractivity contribution in [3.8, 4) is 0 Å². The molecule has 110 valence electrons. The number of anilines is 2. The third-order valence-electron chi connectivity index (χ3n) is 3.29.